The van der Waals surface area contributed by atoms with E-state index in [-0.39, 0.29) is 52.4 Å². The number of ether oxygens (including phenoxy) is 1. The van der Waals surface area contributed by atoms with E-state index in [0.717, 1.165) is 0 Å². The number of rotatable bonds is 4. The Hall–Kier alpha value is -1.03. The van der Waals surface area contributed by atoms with E-state index in [9.17, 15) is 5.11 Å². The van der Waals surface area contributed by atoms with Crippen LogP contribution in [0, 0.1) is 10.8 Å². The molecule has 1 aromatic rings. The van der Waals surface area contributed by atoms with Crippen molar-refractivity contribution in [2.75, 3.05) is 7.11 Å². The minimum Gasteiger partial charge on any atom is -0.504 e. The van der Waals surface area contributed by atoms with Crippen LogP contribution in [0.3, 0.4) is 0 Å². The summed E-state index contributed by atoms with van der Waals surface area (Å²) in [6, 6.07) is 4.78. The van der Waals surface area contributed by atoms with Crippen LogP contribution in [0.2, 0.25) is 0 Å². The van der Waals surface area contributed by atoms with Gasteiger partial charge in [-0.3, -0.25) is 5.41 Å². The minimum atomic E-state index is -0.0105. The van der Waals surface area contributed by atoms with Crippen LogP contribution in [0.15, 0.2) is 18.2 Å². The number of hydrogen-bond donors (Lipinski definition) is 3. The maximum atomic E-state index is 9.50. The van der Waals surface area contributed by atoms with Crippen LogP contribution >= 0.6 is 12.4 Å². The molecule has 0 aromatic heterocycles. The van der Waals surface area contributed by atoms with Gasteiger partial charge in [0, 0.05) is 22.6 Å². The van der Waals surface area contributed by atoms with Crippen molar-refractivity contribution in [1.82, 2.24) is 0 Å². The second-order valence-corrected chi connectivity index (χ2v) is 3.07. The van der Waals surface area contributed by atoms with Gasteiger partial charge in [0.25, 0.3) is 0 Å². The smallest absolute Gasteiger partial charge is 0.169 e. The summed E-state index contributed by atoms with van der Waals surface area (Å²) >= 11 is 0. The van der Waals surface area contributed by atoms with Gasteiger partial charge in [-0.1, -0.05) is 13.0 Å². The standard InChI is InChI=1S/C11H14N2O2.ClH.Mn/c1-3-8(12)10(13)7-5-4-6-9(14)11(7)15-2;;/h4-6,12-14H,3H2,1-2H3;1H;. The maximum absolute atomic E-state index is 9.50. The molecule has 3 N–H and O–H groups in total. The largest absolute Gasteiger partial charge is 0.504 e. The van der Waals surface area contributed by atoms with Crippen LogP contribution in [-0.2, 0) is 17.1 Å². The van der Waals surface area contributed by atoms with Gasteiger partial charge in [-0.25, -0.2) is 0 Å². The van der Waals surface area contributed by atoms with Crippen molar-refractivity contribution < 1.29 is 26.9 Å². The maximum Gasteiger partial charge on any atom is 0.169 e. The molecule has 4 nitrogen and oxygen atoms in total. The van der Waals surface area contributed by atoms with Crippen molar-refractivity contribution >= 4 is 23.8 Å². The molecule has 1 aromatic carbocycles. The predicted molar refractivity (Wildman–Crippen MR) is 66.8 cm³/mol. The number of phenolic OH excluding ortho intramolecular Hbond substituents is 1. The van der Waals surface area contributed by atoms with Gasteiger partial charge in [0.2, 0.25) is 0 Å². The first-order chi connectivity index (χ1) is 7.11. The van der Waals surface area contributed by atoms with Gasteiger partial charge < -0.3 is 15.3 Å². The van der Waals surface area contributed by atoms with Crippen molar-refractivity contribution in [3.05, 3.63) is 23.8 Å². The number of aromatic hydroxyl groups is 1. The Balaban J connectivity index is 0. The number of methoxy groups -OCH3 is 1. The molecule has 0 heterocycles. The molecule has 0 aliphatic heterocycles. The Morgan fingerprint density at radius 1 is 1.35 bits per heavy atom. The van der Waals surface area contributed by atoms with Crippen LogP contribution in [0.5, 0.6) is 11.5 Å². The number of nitrogens with one attached hydrogen (secondary N) is 2. The Bertz CT molecular complexity index is 410. The van der Waals surface area contributed by atoms with Gasteiger partial charge in [0.1, 0.15) is 0 Å². The third-order valence-corrected chi connectivity index (χ3v) is 2.12. The van der Waals surface area contributed by atoms with Crippen molar-refractivity contribution in [3.8, 4) is 11.5 Å². The van der Waals surface area contributed by atoms with E-state index in [0.29, 0.717) is 12.0 Å². The number of para-hydroxylation sites is 1. The molecule has 0 spiro atoms. The van der Waals surface area contributed by atoms with Crippen LogP contribution in [0.1, 0.15) is 18.9 Å². The van der Waals surface area contributed by atoms with Crippen molar-refractivity contribution in [3.63, 3.8) is 0 Å². The first-order valence-electron chi connectivity index (χ1n) is 4.64. The molecular formula is C11H15ClMnN2O2. The summed E-state index contributed by atoms with van der Waals surface area (Å²) in [6.45, 7) is 1.81. The summed E-state index contributed by atoms with van der Waals surface area (Å²) in [5.74, 6) is 0.240. The topological polar surface area (TPSA) is 77.2 Å². The third-order valence-electron chi connectivity index (χ3n) is 2.12. The van der Waals surface area contributed by atoms with Gasteiger partial charge in [-0.05, 0) is 18.6 Å². The number of benzene rings is 1. The molecule has 1 rings (SSSR count). The second-order valence-electron chi connectivity index (χ2n) is 3.07. The normalized spacial score (nSPS) is 8.59. The minimum absolute atomic E-state index is 0. The monoisotopic (exact) mass is 297 g/mol. The van der Waals surface area contributed by atoms with E-state index in [4.69, 9.17) is 15.6 Å². The Morgan fingerprint density at radius 3 is 2.41 bits per heavy atom. The molecule has 0 amide bonds. The molecule has 0 saturated carbocycles. The Morgan fingerprint density at radius 2 is 1.94 bits per heavy atom. The third kappa shape index (κ3) is 4.04. The fraction of sp³-hybridized carbons (Fsp3) is 0.273. The van der Waals surface area contributed by atoms with Crippen molar-refractivity contribution in [2.45, 2.75) is 13.3 Å². The summed E-state index contributed by atoms with van der Waals surface area (Å²) in [4.78, 5) is 0. The first kappa shape index (κ1) is 18.3. The average molecular weight is 298 g/mol. The van der Waals surface area contributed by atoms with Crippen molar-refractivity contribution in [2.24, 2.45) is 0 Å². The molecular weight excluding hydrogens is 283 g/mol. The Kier molecular flexibility index (Phi) is 8.76. The predicted octanol–water partition coefficient (Wildman–Crippen LogP) is 2.62. The fourth-order valence-electron chi connectivity index (χ4n) is 1.28. The summed E-state index contributed by atoms with van der Waals surface area (Å²) < 4.78 is 5.00. The summed E-state index contributed by atoms with van der Waals surface area (Å²) in [6.07, 6.45) is 0.484. The second kappa shape index (κ2) is 8.12. The van der Waals surface area contributed by atoms with E-state index in [2.05, 4.69) is 0 Å². The van der Waals surface area contributed by atoms with E-state index >= 15 is 0 Å². The van der Waals surface area contributed by atoms with E-state index in [1.54, 1.807) is 12.1 Å². The zero-order valence-corrected chi connectivity index (χ0v) is 11.6. The summed E-state index contributed by atoms with van der Waals surface area (Å²) in [5.41, 5.74) is 0.758. The molecule has 0 unspecified atom stereocenters. The molecule has 0 aliphatic rings. The first-order valence-corrected chi connectivity index (χ1v) is 4.64. The molecule has 95 valence electrons. The van der Waals surface area contributed by atoms with Crippen LogP contribution < -0.4 is 4.74 Å². The SMILES string of the molecule is CCC(=N)C(=N)c1cccc(O)c1OC.Cl.[Mn]. The summed E-state index contributed by atoms with van der Waals surface area (Å²) in [7, 11) is 1.43. The molecule has 0 bridgehead atoms. The average Bonchev–Trinajstić information content (AvgIpc) is 2.26. The fourth-order valence-corrected chi connectivity index (χ4v) is 1.28. The molecule has 1 radical (unpaired) electrons. The van der Waals surface area contributed by atoms with Gasteiger partial charge in [0.05, 0.1) is 18.5 Å². The van der Waals surface area contributed by atoms with Gasteiger partial charge in [0.15, 0.2) is 11.5 Å². The quantitative estimate of drug-likeness (QED) is 0.590. The van der Waals surface area contributed by atoms with E-state index < -0.39 is 0 Å². The van der Waals surface area contributed by atoms with Gasteiger partial charge in [-0.15, -0.1) is 12.4 Å². The van der Waals surface area contributed by atoms with Crippen LogP contribution in [0.25, 0.3) is 0 Å². The summed E-state index contributed by atoms with van der Waals surface area (Å²) in [5, 5.41) is 24.8. The number of halogens is 1. The van der Waals surface area contributed by atoms with Crippen LogP contribution in [0.4, 0.5) is 0 Å². The molecule has 17 heavy (non-hydrogen) atoms. The van der Waals surface area contributed by atoms with Crippen LogP contribution in [-0.4, -0.2) is 23.6 Å². The molecule has 0 fully saturated rings. The van der Waals surface area contributed by atoms with Gasteiger partial charge in [-0.2, -0.15) is 0 Å². The number of phenols is 1. The van der Waals surface area contributed by atoms with E-state index in [1.807, 2.05) is 6.92 Å². The molecule has 0 aliphatic carbocycles. The van der Waals surface area contributed by atoms with Gasteiger partial charge >= 0.3 is 0 Å². The molecule has 0 saturated heterocycles. The Labute approximate surface area is 117 Å². The molecule has 6 heteroatoms. The molecule has 0 atom stereocenters. The van der Waals surface area contributed by atoms with Crippen molar-refractivity contribution in [1.29, 1.82) is 10.8 Å². The zero-order valence-electron chi connectivity index (χ0n) is 9.58. The number of hydrogen-bond acceptors (Lipinski definition) is 4. The zero-order chi connectivity index (χ0) is 11.4. The van der Waals surface area contributed by atoms with E-state index in [1.165, 1.54) is 13.2 Å².